The topological polar surface area (TPSA) is 45.5 Å². The van der Waals surface area contributed by atoms with E-state index in [1.165, 1.54) is 38.8 Å². The first-order chi connectivity index (χ1) is 9.81. The Labute approximate surface area is 144 Å². The summed E-state index contributed by atoms with van der Waals surface area (Å²) in [4.78, 5) is 10.9. The third-order valence-corrected chi connectivity index (χ3v) is 4.80. The summed E-state index contributed by atoms with van der Waals surface area (Å²) in [5.41, 5.74) is 0.633. The molecule has 1 N–H and O–H groups in total. The van der Waals surface area contributed by atoms with Gasteiger partial charge >= 0.3 is 0 Å². The second kappa shape index (κ2) is 7.47. The van der Waals surface area contributed by atoms with Crippen LogP contribution in [0.15, 0.2) is 23.7 Å². The molecule has 1 aliphatic heterocycles. The maximum absolute atomic E-state index is 4.44. The Morgan fingerprint density at radius 3 is 2.81 bits per heavy atom. The smallest absolute Gasteiger partial charge is 0.193 e. The molecule has 1 aromatic rings. The molecular formula is C15H26IN5. The SMILES string of the molecule is CN=C(NCCCn1ccnc1)N1CCC2(CCC2)C1.I. The van der Waals surface area contributed by atoms with Crippen LogP contribution in [0.4, 0.5) is 0 Å². The summed E-state index contributed by atoms with van der Waals surface area (Å²) < 4.78 is 2.11. The van der Waals surface area contributed by atoms with Crippen molar-refractivity contribution in [1.82, 2.24) is 19.8 Å². The normalized spacial score (nSPS) is 20.2. The minimum Gasteiger partial charge on any atom is -0.356 e. The summed E-state index contributed by atoms with van der Waals surface area (Å²) in [7, 11) is 1.89. The highest BCUT2D eigenvalue weighted by atomic mass is 127. The van der Waals surface area contributed by atoms with Gasteiger partial charge in [0.15, 0.2) is 5.96 Å². The number of guanidine groups is 1. The lowest BCUT2D eigenvalue weighted by Gasteiger charge is -2.38. The maximum Gasteiger partial charge on any atom is 0.193 e. The lowest BCUT2D eigenvalue weighted by molar-refractivity contribution is 0.151. The Balaban J connectivity index is 0.00000161. The van der Waals surface area contributed by atoms with Crippen LogP contribution >= 0.6 is 24.0 Å². The van der Waals surface area contributed by atoms with Crippen molar-refractivity contribution in [2.24, 2.45) is 10.4 Å². The first-order valence-electron chi connectivity index (χ1n) is 7.73. The number of aryl methyl sites for hydroxylation is 1. The predicted octanol–water partition coefficient (Wildman–Crippen LogP) is 2.34. The molecule has 1 aliphatic carbocycles. The van der Waals surface area contributed by atoms with E-state index in [-0.39, 0.29) is 24.0 Å². The van der Waals surface area contributed by atoms with Crippen molar-refractivity contribution in [2.75, 3.05) is 26.7 Å². The number of nitrogens with zero attached hydrogens (tertiary/aromatic N) is 4. The molecule has 1 saturated heterocycles. The van der Waals surface area contributed by atoms with Crippen LogP contribution in [-0.4, -0.2) is 47.1 Å². The van der Waals surface area contributed by atoms with E-state index in [1.807, 2.05) is 25.8 Å². The molecule has 118 valence electrons. The van der Waals surface area contributed by atoms with Crippen molar-refractivity contribution in [3.05, 3.63) is 18.7 Å². The predicted molar refractivity (Wildman–Crippen MR) is 96.1 cm³/mol. The zero-order valence-electron chi connectivity index (χ0n) is 12.8. The first-order valence-corrected chi connectivity index (χ1v) is 7.73. The van der Waals surface area contributed by atoms with E-state index in [2.05, 4.69) is 24.8 Å². The van der Waals surface area contributed by atoms with E-state index >= 15 is 0 Å². The lowest BCUT2D eigenvalue weighted by Crippen LogP contribution is -2.42. The number of likely N-dealkylation sites (tertiary alicyclic amines) is 1. The minimum absolute atomic E-state index is 0. The number of aromatic nitrogens is 2. The number of imidazole rings is 1. The maximum atomic E-state index is 4.44. The molecule has 0 unspecified atom stereocenters. The monoisotopic (exact) mass is 403 g/mol. The van der Waals surface area contributed by atoms with Crippen LogP contribution in [0.2, 0.25) is 0 Å². The summed E-state index contributed by atoms with van der Waals surface area (Å²) in [6.07, 6.45) is 12.4. The van der Waals surface area contributed by atoms with Gasteiger partial charge in [-0.3, -0.25) is 4.99 Å². The molecule has 2 aliphatic rings. The van der Waals surface area contributed by atoms with Crippen LogP contribution < -0.4 is 5.32 Å². The number of halogens is 1. The molecule has 21 heavy (non-hydrogen) atoms. The van der Waals surface area contributed by atoms with Crippen LogP contribution in [0.1, 0.15) is 32.1 Å². The highest BCUT2D eigenvalue weighted by Gasteiger charge is 2.43. The van der Waals surface area contributed by atoms with Gasteiger partial charge in [0.1, 0.15) is 0 Å². The first kappa shape index (κ1) is 16.6. The van der Waals surface area contributed by atoms with Crippen LogP contribution in [0, 0.1) is 5.41 Å². The fourth-order valence-corrected chi connectivity index (χ4v) is 3.41. The van der Waals surface area contributed by atoms with Crippen LogP contribution in [0.3, 0.4) is 0 Å². The molecule has 0 aromatic carbocycles. The molecular weight excluding hydrogens is 377 g/mol. The fraction of sp³-hybridized carbons (Fsp3) is 0.733. The van der Waals surface area contributed by atoms with Crippen molar-refractivity contribution < 1.29 is 0 Å². The molecule has 1 aromatic heterocycles. The number of nitrogens with one attached hydrogen (secondary N) is 1. The zero-order valence-corrected chi connectivity index (χ0v) is 15.1. The van der Waals surface area contributed by atoms with Gasteiger partial charge in [-0.25, -0.2) is 4.98 Å². The van der Waals surface area contributed by atoms with Crippen molar-refractivity contribution in [3.8, 4) is 0 Å². The molecule has 0 amide bonds. The van der Waals surface area contributed by atoms with Crippen molar-refractivity contribution in [2.45, 2.75) is 38.6 Å². The molecule has 0 atom stereocenters. The minimum atomic E-state index is 0. The van der Waals surface area contributed by atoms with Crippen molar-refractivity contribution in [3.63, 3.8) is 0 Å². The van der Waals surface area contributed by atoms with E-state index < -0.39 is 0 Å². The third-order valence-electron chi connectivity index (χ3n) is 4.80. The van der Waals surface area contributed by atoms with E-state index in [4.69, 9.17) is 0 Å². The molecule has 1 spiro atoms. The largest absolute Gasteiger partial charge is 0.356 e. The standard InChI is InChI=1S/C15H25N5.HI/c1-16-14(18-7-3-9-19-11-8-17-13-19)20-10-6-15(12-20)4-2-5-15;/h8,11,13H,2-7,9-10,12H2,1H3,(H,16,18);1H. The van der Waals surface area contributed by atoms with Gasteiger partial charge in [-0.05, 0) is 31.1 Å². The van der Waals surface area contributed by atoms with Crippen LogP contribution in [0.25, 0.3) is 0 Å². The summed E-state index contributed by atoms with van der Waals surface area (Å²) >= 11 is 0. The number of aliphatic imine (C=N–C) groups is 1. The van der Waals surface area contributed by atoms with E-state index in [0.717, 1.165) is 25.5 Å². The van der Waals surface area contributed by atoms with Gasteiger partial charge in [-0.15, -0.1) is 24.0 Å². The summed E-state index contributed by atoms with van der Waals surface area (Å²) in [6.45, 7) is 4.34. The second-order valence-electron chi connectivity index (χ2n) is 6.15. The Kier molecular flexibility index (Phi) is 5.89. The average molecular weight is 403 g/mol. The Hall–Kier alpha value is -0.790. The molecule has 6 heteroatoms. The fourth-order valence-electron chi connectivity index (χ4n) is 3.41. The molecule has 5 nitrogen and oxygen atoms in total. The molecule has 2 fully saturated rings. The number of hydrogen-bond acceptors (Lipinski definition) is 2. The van der Waals surface area contributed by atoms with Gasteiger partial charge in [0.05, 0.1) is 6.33 Å². The molecule has 1 saturated carbocycles. The summed E-state index contributed by atoms with van der Waals surface area (Å²) in [5.74, 6) is 1.08. The zero-order chi connectivity index (χ0) is 13.8. The number of rotatable bonds is 4. The summed E-state index contributed by atoms with van der Waals surface area (Å²) in [5, 5.41) is 3.50. The van der Waals surface area contributed by atoms with Crippen molar-refractivity contribution in [1.29, 1.82) is 0 Å². The van der Waals surface area contributed by atoms with Gasteiger partial charge in [0.25, 0.3) is 0 Å². The van der Waals surface area contributed by atoms with Crippen molar-refractivity contribution >= 4 is 29.9 Å². The lowest BCUT2D eigenvalue weighted by atomic mass is 9.68. The average Bonchev–Trinajstić information content (AvgIpc) is 3.07. The van der Waals surface area contributed by atoms with Crippen LogP contribution in [-0.2, 0) is 6.54 Å². The van der Waals surface area contributed by atoms with Gasteiger partial charge in [0.2, 0.25) is 0 Å². The van der Waals surface area contributed by atoms with Gasteiger partial charge in [-0.1, -0.05) is 6.42 Å². The highest BCUT2D eigenvalue weighted by Crippen LogP contribution is 2.47. The quantitative estimate of drug-likeness (QED) is 0.363. The second-order valence-corrected chi connectivity index (χ2v) is 6.15. The Bertz CT molecular complexity index is 453. The van der Waals surface area contributed by atoms with E-state index in [1.54, 1.807) is 0 Å². The summed E-state index contributed by atoms with van der Waals surface area (Å²) in [6, 6.07) is 0. The van der Waals surface area contributed by atoms with E-state index in [0.29, 0.717) is 5.41 Å². The Morgan fingerprint density at radius 1 is 1.38 bits per heavy atom. The van der Waals surface area contributed by atoms with E-state index in [9.17, 15) is 0 Å². The van der Waals surface area contributed by atoms with Gasteiger partial charge < -0.3 is 14.8 Å². The third kappa shape index (κ3) is 3.90. The van der Waals surface area contributed by atoms with Gasteiger partial charge in [0, 0.05) is 45.6 Å². The molecule has 3 rings (SSSR count). The van der Waals surface area contributed by atoms with Crippen LogP contribution in [0.5, 0.6) is 0 Å². The Morgan fingerprint density at radius 2 is 2.24 bits per heavy atom. The van der Waals surface area contributed by atoms with Gasteiger partial charge in [-0.2, -0.15) is 0 Å². The highest BCUT2D eigenvalue weighted by molar-refractivity contribution is 14.0. The molecule has 0 radical (unpaired) electrons. The molecule has 0 bridgehead atoms. The number of hydrogen-bond donors (Lipinski definition) is 1. The molecule has 2 heterocycles.